The van der Waals surface area contributed by atoms with Crippen molar-refractivity contribution in [1.29, 1.82) is 0 Å². The van der Waals surface area contributed by atoms with Gasteiger partial charge >= 0.3 is 6.18 Å². The number of nitrogens with one attached hydrogen (secondary N) is 2. The Bertz CT molecular complexity index is 1040. The SMILES string of the molecule is CCC(=O)Nc1ccc(S(=O)(=O)N(CC)CC(=O)Nc2ccccc2C(F)(F)F)cc1. The van der Waals surface area contributed by atoms with Gasteiger partial charge in [0.1, 0.15) is 0 Å². The first-order valence-corrected chi connectivity index (χ1v) is 10.8. The molecule has 2 aromatic carbocycles. The summed E-state index contributed by atoms with van der Waals surface area (Å²) in [5.74, 6) is -1.14. The molecule has 0 aliphatic rings. The lowest BCUT2D eigenvalue weighted by atomic mass is 10.1. The standard InChI is InChI=1S/C20H22F3N3O4S/c1-3-18(27)24-14-9-11-15(12-10-14)31(29,30)26(4-2)13-19(28)25-17-8-6-5-7-16(17)20(21,22)23/h5-12H,3-4,13H2,1-2H3,(H,24,27)(H,25,28). The van der Waals surface area contributed by atoms with Crippen LogP contribution in [0.2, 0.25) is 0 Å². The molecule has 2 rings (SSSR count). The van der Waals surface area contributed by atoms with Crippen molar-refractivity contribution in [3.63, 3.8) is 0 Å². The first-order valence-electron chi connectivity index (χ1n) is 9.35. The number of hydrogen-bond acceptors (Lipinski definition) is 4. The molecule has 0 saturated heterocycles. The number of hydrogen-bond donors (Lipinski definition) is 2. The largest absolute Gasteiger partial charge is 0.418 e. The molecule has 0 atom stereocenters. The van der Waals surface area contributed by atoms with Gasteiger partial charge < -0.3 is 10.6 Å². The highest BCUT2D eigenvalue weighted by atomic mass is 32.2. The minimum absolute atomic E-state index is 0.0784. The third-order valence-electron chi connectivity index (χ3n) is 4.28. The quantitative estimate of drug-likeness (QED) is 0.632. The highest BCUT2D eigenvalue weighted by Crippen LogP contribution is 2.34. The van der Waals surface area contributed by atoms with Gasteiger partial charge in [0.2, 0.25) is 21.8 Å². The number of anilines is 2. The summed E-state index contributed by atoms with van der Waals surface area (Å²) in [5.41, 5.74) is -1.07. The minimum Gasteiger partial charge on any atom is -0.326 e. The molecule has 0 radical (unpaired) electrons. The average Bonchev–Trinajstić information content (AvgIpc) is 2.71. The molecule has 0 heterocycles. The van der Waals surface area contributed by atoms with Gasteiger partial charge in [0, 0.05) is 18.7 Å². The lowest BCUT2D eigenvalue weighted by Crippen LogP contribution is -2.38. The maximum Gasteiger partial charge on any atom is 0.418 e. The van der Waals surface area contributed by atoms with E-state index in [1.807, 2.05) is 0 Å². The van der Waals surface area contributed by atoms with E-state index in [4.69, 9.17) is 0 Å². The van der Waals surface area contributed by atoms with Crippen LogP contribution >= 0.6 is 0 Å². The fourth-order valence-electron chi connectivity index (χ4n) is 2.66. The monoisotopic (exact) mass is 457 g/mol. The van der Waals surface area contributed by atoms with E-state index in [0.29, 0.717) is 5.69 Å². The van der Waals surface area contributed by atoms with E-state index in [9.17, 15) is 31.2 Å². The molecule has 0 aliphatic carbocycles. The summed E-state index contributed by atoms with van der Waals surface area (Å²) >= 11 is 0. The molecular weight excluding hydrogens is 435 g/mol. The molecule has 2 N–H and O–H groups in total. The van der Waals surface area contributed by atoms with E-state index >= 15 is 0 Å². The van der Waals surface area contributed by atoms with Gasteiger partial charge in [-0.1, -0.05) is 26.0 Å². The van der Waals surface area contributed by atoms with E-state index in [0.717, 1.165) is 16.4 Å². The topological polar surface area (TPSA) is 95.6 Å². The molecule has 0 unspecified atom stereocenters. The first-order chi connectivity index (χ1) is 14.5. The van der Waals surface area contributed by atoms with E-state index < -0.39 is 39.9 Å². The van der Waals surface area contributed by atoms with E-state index in [-0.39, 0.29) is 23.8 Å². The third-order valence-corrected chi connectivity index (χ3v) is 6.21. The van der Waals surface area contributed by atoms with Crippen molar-refractivity contribution in [2.75, 3.05) is 23.7 Å². The van der Waals surface area contributed by atoms with Gasteiger partial charge in [0.15, 0.2) is 0 Å². The Morgan fingerprint density at radius 3 is 2.10 bits per heavy atom. The molecule has 0 saturated carbocycles. The molecule has 0 fully saturated rings. The second-order valence-corrected chi connectivity index (χ2v) is 8.39. The smallest absolute Gasteiger partial charge is 0.326 e. The number of sulfonamides is 1. The zero-order valence-corrected chi connectivity index (χ0v) is 17.7. The fourth-order valence-corrected chi connectivity index (χ4v) is 4.07. The molecular formula is C20H22F3N3O4S. The van der Waals surface area contributed by atoms with Crippen LogP contribution in [-0.4, -0.2) is 37.6 Å². The Labute approximate surface area is 178 Å². The van der Waals surface area contributed by atoms with Crippen LogP contribution in [-0.2, 0) is 25.8 Å². The summed E-state index contributed by atoms with van der Waals surface area (Å²) in [6, 6.07) is 9.81. The summed E-state index contributed by atoms with van der Waals surface area (Å²) in [4.78, 5) is 23.6. The van der Waals surface area contributed by atoms with Crippen molar-refractivity contribution in [3.05, 3.63) is 54.1 Å². The summed E-state index contributed by atoms with van der Waals surface area (Å²) in [6.45, 7) is 2.43. The van der Waals surface area contributed by atoms with Crippen molar-refractivity contribution in [3.8, 4) is 0 Å². The summed E-state index contributed by atoms with van der Waals surface area (Å²) in [7, 11) is -4.09. The number of para-hydroxylation sites is 1. The third kappa shape index (κ3) is 6.28. The number of amides is 2. The van der Waals surface area contributed by atoms with E-state index in [2.05, 4.69) is 10.6 Å². The summed E-state index contributed by atoms with van der Waals surface area (Å²) in [6.07, 6.45) is -4.41. The van der Waals surface area contributed by atoms with Gasteiger partial charge in [-0.2, -0.15) is 17.5 Å². The second kappa shape index (κ2) is 9.92. The molecule has 11 heteroatoms. The lowest BCUT2D eigenvalue weighted by molar-refractivity contribution is -0.137. The molecule has 0 aromatic heterocycles. The minimum atomic E-state index is -4.67. The van der Waals surface area contributed by atoms with Crippen LogP contribution in [0.25, 0.3) is 0 Å². The summed E-state index contributed by atoms with van der Waals surface area (Å²) in [5, 5.41) is 4.72. The fraction of sp³-hybridized carbons (Fsp3) is 0.300. The molecule has 0 aliphatic heterocycles. The zero-order valence-electron chi connectivity index (χ0n) is 16.9. The van der Waals surface area contributed by atoms with Crippen molar-refractivity contribution in [2.45, 2.75) is 31.3 Å². The number of rotatable bonds is 8. The summed E-state index contributed by atoms with van der Waals surface area (Å²) < 4.78 is 65.8. The van der Waals surface area contributed by atoms with Gasteiger partial charge in [-0.15, -0.1) is 0 Å². The highest BCUT2D eigenvalue weighted by molar-refractivity contribution is 7.89. The molecule has 7 nitrogen and oxygen atoms in total. The maximum absolute atomic E-state index is 13.1. The van der Waals surface area contributed by atoms with Gasteiger partial charge in [-0.25, -0.2) is 8.42 Å². The number of benzene rings is 2. The van der Waals surface area contributed by atoms with Crippen molar-refractivity contribution in [2.24, 2.45) is 0 Å². The van der Waals surface area contributed by atoms with Crippen LogP contribution in [0.1, 0.15) is 25.8 Å². The van der Waals surface area contributed by atoms with Crippen LogP contribution in [0.5, 0.6) is 0 Å². The van der Waals surface area contributed by atoms with Crippen LogP contribution in [0.15, 0.2) is 53.4 Å². The van der Waals surface area contributed by atoms with Crippen molar-refractivity contribution < 1.29 is 31.2 Å². The Morgan fingerprint density at radius 1 is 0.935 bits per heavy atom. The predicted octanol–water partition coefficient (Wildman–Crippen LogP) is 3.70. The number of halogens is 3. The Balaban J connectivity index is 2.17. The molecule has 2 aromatic rings. The van der Waals surface area contributed by atoms with E-state index in [1.165, 1.54) is 43.3 Å². The normalized spacial score (nSPS) is 11.9. The van der Waals surface area contributed by atoms with Crippen LogP contribution in [0.3, 0.4) is 0 Å². The van der Waals surface area contributed by atoms with Gasteiger partial charge in [-0.05, 0) is 36.4 Å². The van der Waals surface area contributed by atoms with E-state index in [1.54, 1.807) is 6.92 Å². The van der Waals surface area contributed by atoms with Crippen LogP contribution in [0.4, 0.5) is 24.5 Å². The zero-order chi connectivity index (χ0) is 23.2. The molecule has 168 valence electrons. The molecule has 31 heavy (non-hydrogen) atoms. The second-order valence-electron chi connectivity index (χ2n) is 6.45. The van der Waals surface area contributed by atoms with Gasteiger partial charge in [0.25, 0.3) is 0 Å². The number of carbonyl (C=O) groups excluding carboxylic acids is 2. The highest BCUT2D eigenvalue weighted by Gasteiger charge is 2.34. The molecule has 2 amide bonds. The lowest BCUT2D eigenvalue weighted by Gasteiger charge is -2.21. The number of alkyl halides is 3. The number of likely N-dealkylation sites (N-methyl/N-ethyl adjacent to an activating group) is 1. The number of carbonyl (C=O) groups is 2. The molecule has 0 spiro atoms. The maximum atomic E-state index is 13.1. The van der Waals surface area contributed by atoms with Crippen molar-refractivity contribution in [1.82, 2.24) is 4.31 Å². The first kappa shape index (κ1) is 24.4. The van der Waals surface area contributed by atoms with Crippen molar-refractivity contribution >= 4 is 33.2 Å². The number of nitrogens with zero attached hydrogens (tertiary/aromatic N) is 1. The average molecular weight is 457 g/mol. The molecule has 0 bridgehead atoms. The Morgan fingerprint density at radius 2 is 1.55 bits per heavy atom. The van der Waals surface area contributed by atoms with Crippen LogP contribution in [0, 0.1) is 0 Å². The Kier molecular flexibility index (Phi) is 7.80. The van der Waals surface area contributed by atoms with Gasteiger partial charge in [0.05, 0.1) is 22.7 Å². The predicted molar refractivity (Wildman–Crippen MR) is 110 cm³/mol. The van der Waals surface area contributed by atoms with Gasteiger partial charge in [-0.3, -0.25) is 9.59 Å². The Hall–Kier alpha value is -2.92. The van der Waals surface area contributed by atoms with Crippen LogP contribution < -0.4 is 10.6 Å².